The number of nitrogens with zero attached hydrogens (tertiary/aromatic N) is 1. The number of pyridine rings is 1. The topological polar surface area (TPSA) is 34.1 Å². The first-order chi connectivity index (χ1) is 9.79. The summed E-state index contributed by atoms with van der Waals surface area (Å²) < 4.78 is 5.72. The van der Waals surface area contributed by atoms with Crippen LogP contribution in [0, 0.1) is 0 Å². The SMILES string of the molecule is CCCNCc1ccc(OCc2ccncc2Cl)cc1. The molecule has 0 aliphatic carbocycles. The van der Waals surface area contributed by atoms with Crippen LogP contribution in [0.4, 0.5) is 0 Å². The number of rotatable bonds is 7. The van der Waals surface area contributed by atoms with Gasteiger partial charge in [0, 0.05) is 24.5 Å². The van der Waals surface area contributed by atoms with Crippen molar-refractivity contribution < 1.29 is 4.74 Å². The van der Waals surface area contributed by atoms with Gasteiger partial charge in [-0.25, -0.2) is 0 Å². The van der Waals surface area contributed by atoms with Crippen molar-refractivity contribution in [3.05, 3.63) is 58.9 Å². The third-order valence-corrected chi connectivity index (χ3v) is 3.27. The Labute approximate surface area is 124 Å². The van der Waals surface area contributed by atoms with Crippen LogP contribution in [0.15, 0.2) is 42.7 Å². The second-order valence-electron chi connectivity index (χ2n) is 4.58. The van der Waals surface area contributed by atoms with E-state index in [4.69, 9.17) is 16.3 Å². The van der Waals surface area contributed by atoms with E-state index in [0.29, 0.717) is 11.6 Å². The predicted octanol–water partition coefficient (Wildman–Crippen LogP) is 3.81. The van der Waals surface area contributed by atoms with Crippen LogP contribution in [-0.4, -0.2) is 11.5 Å². The predicted molar refractivity (Wildman–Crippen MR) is 82.0 cm³/mol. The summed E-state index contributed by atoms with van der Waals surface area (Å²) in [5, 5.41) is 4.00. The van der Waals surface area contributed by atoms with Crippen molar-refractivity contribution in [1.29, 1.82) is 0 Å². The molecule has 0 saturated heterocycles. The number of hydrogen-bond acceptors (Lipinski definition) is 3. The van der Waals surface area contributed by atoms with Gasteiger partial charge in [-0.15, -0.1) is 0 Å². The minimum atomic E-state index is 0.453. The molecule has 0 aliphatic rings. The number of aromatic nitrogens is 1. The maximum atomic E-state index is 6.04. The largest absolute Gasteiger partial charge is 0.489 e. The van der Waals surface area contributed by atoms with E-state index >= 15 is 0 Å². The highest BCUT2D eigenvalue weighted by Crippen LogP contribution is 2.18. The minimum absolute atomic E-state index is 0.453. The van der Waals surface area contributed by atoms with E-state index in [-0.39, 0.29) is 0 Å². The number of nitrogens with one attached hydrogen (secondary N) is 1. The molecule has 1 heterocycles. The van der Waals surface area contributed by atoms with Gasteiger partial charge in [-0.05, 0) is 36.7 Å². The van der Waals surface area contributed by atoms with E-state index in [1.54, 1.807) is 12.4 Å². The highest BCUT2D eigenvalue weighted by atomic mass is 35.5. The molecule has 20 heavy (non-hydrogen) atoms. The first-order valence-corrected chi connectivity index (χ1v) is 7.18. The van der Waals surface area contributed by atoms with E-state index in [1.807, 2.05) is 18.2 Å². The Hall–Kier alpha value is -1.58. The highest BCUT2D eigenvalue weighted by Gasteiger charge is 2.01. The van der Waals surface area contributed by atoms with Crippen molar-refractivity contribution in [2.45, 2.75) is 26.5 Å². The Balaban J connectivity index is 1.86. The van der Waals surface area contributed by atoms with Gasteiger partial charge in [-0.3, -0.25) is 4.98 Å². The van der Waals surface area contributed by atoms with Crippen LogP contribution in [0.3, 0.4) is 0 Å². The zero-order chi connectivity index (χ0) is 14.2. The lowest BCUT2D eigenvalue weighted by Gasteiger charge is -2.08. The van der Waals surface area contributed by atoms with Crippen LogP contribution in [0.5, 0.6) is 5.75 Å². The van der Waals surface area contributed by atoms with Crippen LogP contribution < -0.4 is 10.1 Å². The summed E-state index contributed by atoms with van der Waals surface area (Å²) in [6, 6.07) is 9.99. The lowest BCUT2D eigenvalue weighted by molar-refractivity contribution is 0.306. The molecule has 2 aromatic rings. The zero-order valence-corrected chi connectivity index (χ0v) is 12.4. The summed E-state index contributed by atoms with van der Waals surface area (Å²) in [6.07, 6.45) is 4.49. The molecule has 0 unspecified atom stereocenters. The van der Waals surface area contributed by atoms with Crippen molar-refractivity contribution in [3.63, 3.8) is 0 Å². The van der Waals surface area contributed by atoms with Gasteiger partial charge < -0.3 is 10.1 Å². The number of ether oxygens (including phenoxy) is 1. The molecule has 0 fully saturated rings. The van der Waals surface area contributed by atoms with Crippen molar-refractivity contribution in [2.75, 3.05) is 6.54 Å². The molecule has 1 N–H and O–H groups in total. The third kappa shape index (κ3) is 4.51. The molecule has 0 atom stereocenters. The Morgan fingerprint density at radius 1 is 1.20 bits per heavy atom. The van der Waals surface area contributed by atoms with E-state index in [0.717, 1.165) is 30.8 Å². The Bertz CT molecular complexity index is 528. The fourth-order valence-electron chi connectivity index (χ4n) is 1.80. The van der Waals surface area contributed by atoms with Crippen LogP contribution in [0.2, 0.25) is 5.02 Å². The lowest BCUT2D eigenvalue weighted by atomic mass is 10.2. The summed E-state index contributed by atoms with van der Waals surface area (Å²) >= 11 is 6.04. The fraction of sp³-hybridized carbons (Fsp3) is 0.312. The first-order valence-electron chi connectivity index (χ1n) is 6.80. The Morgan fingerprint density at radius 3 is 2.70 bits per heavy atom. The molecular formula is C16H19ClN2O. The molecule has 0 radical (unpaired) electrons. The van der Waals surface area contributed by atoms with Crippen molar-refractivity contribution in [1.82, 2.24) is 10.3 Å². The number of hydrogen-bond donors (Lipinski definition) is 1. The molecule has 0 saturated carbocycles. The Kier molecular flexibility index (Phi) is 5.84. The number of benzene rings is 1. The molecule has 3 nitrogen and oxygen atoms in total. The highest BCUT2D eigenvalue weighted by molar-refractivity contribution is 6.31. The van der Waals surface area contributed by atoms with E-state index in [9.17, 15) is 0 Å². The lowest BCUT2D eigenvalue weighted by Crippen LogP contribution is -2.13. The minimum Gasteiger partial charge on any atom is -0.489 e. The fourth-order valence-corrected chi connectivity index (χ4v) is 1.97. The summed E-state index contributed by atoms with van der Waals surface area (Å²) in [5.41, 5.74) is 2.20. The van der Waals surface area contributed by atoms with E-state index < -0.39 is 0 Å². The molecule has 0 spiro atoms. The smallest absolute Gasteiger partial charge is 0.119 e. The normalized spacial score (nSPS) is 10.5. The molecular weight excluding hydrogens is 272 g/mol. The third-order valence-electron chi connectivity index (χ3n) is 2.93. The van der Waals surface area contributed by atoms with Crippen molar-refractivity contribution in [2.24, 2.45) is 0 Å². The molecule has 106 valence electrons. The van der Waals surface area contributed by atoms with Crippen LogP contribution in [-0.2, 0) is 13.2 Å². The summed E-state index contributed by atoms with van der Waals surface area (Å²) in [4.78, 5) is 3.95. The van der Waals surface area contributed by atoms with Gasteiger partial charge >= 0.3 is 0 Å². The summed E-state index contributed by atoms with van der Waals surface area (Å²) in [5.74, 6) is 0.845. The van der Waals surface area contributed by atoms with E-state index in [1.165, 1.54) is 5.56 Å². The first kappa shape index (κ1) is 14.8. The molecule has 0 amide bonds. The quantitative estimate of drug-likeness (QED) is 0.787. The zero-order valence-electron chi connectivity index (χ0n) is 11.6. The van der Waals surface area contributed by atoms with Gasteiger partial charge in [0.1, 0.15) is 12.4 Å². The van der Waals surface area contributed by atoms with Crippen LogP contribution in [0.1, 0.15) is 24.5 Å². The second kappa shape index (κ2) is 7.88. The van der Waals surface area contributed by atoms with Gasteiger partial charge in [0.25, 0.3) is 0 Å². The maximum Gasteiger partial charge on any atom is 0.119 e. The standard InChI is InChI=1S/C16H19ClN2O/c1-2-8-18-10-13-3-5-15(6-4-13)20-12-14-7-9-19-11-16(14)17/h3-7,9,11,18H,2,8,10,12H2,1H3. The molecule has 4 heteroatoms. The van der Waals surface area contributed by atoms with Crippen LogP contribution >= 0.6 is 11.6 Å². The van der Waals surface area contributed by atoms with Gasteiger partial charge in [0.2, 0.25) is 0 Å². The molecule has 1 aromatic heterocycles. The van der Waals surface area contributed by atoms with Crippen molar-refractivity contribution in [3.8, 4) is 5.75 Å². The molecule has 2 rings (SSSR count). The van der Waals surface area contributed by atoms with Gasteiger partial charge in [0.05, 0.1) is 5.02 Å². The number of halogens is 1. The van der Waals surface area contributed by atoms with E-state index in [2.05, 4.69) is 29.4 Å². The molecule has 0 bridgehead atoms. The second-order valence-corrected chi connectivity index (χ2v) is 4.98. The van der Waals surface area contributed by atoms with Gasteiger partial charge in [-0.1, -0.05) is 30.7 Å². The van der Waals surface area contributed by atoms with Gasteiger partial charge in [-0.2, -0.15) is 0 Å². The average molecular weight is 291 g/mol. The summed E-state index contributed by atoms with van der Waals surface area (Å²) in [6.45, 7) is 4.55. The summed E-state index contributed by atoms with van der Waals surface area (Å²) in [7, 11) is 0. The van der Waals surface area contributed by atoms with Gasteiger partial charge in [0.15, 0.2) is 0 Å². The molecule has 0 aliphatic heterocycles. The van der Waals surface area contributed by atoms with Crippen LogP contribution in [0.25, 0.3) is 0 Å². The molecule has 1 aromatic carbocycles. The maximum absolute atomic E-state index is 6.04. The Morgan fingerprint density at radius 2 is 2.00 bits per heavy atom. The average Bonchev–Trinajstić information content (AvgIpc) is 2.48. The monoisotopic (exact) mass is 290 g/mol. The van der Waals surface area contributed by atoms with Crippen molar-refractivity contribution >= 4 is 11.6 Å².